The molecule has 1 atom stereocenters. The summed E-state index contributed by atoms with van der Waals surface area (Å²) in [6.07, 6.45) is 2.70. The van der Waals surface area contributed by atoms with E-state index in [-0.39, 0.29) is 0 Å². The maximum Gasteiger partial charge on any atom is 0.229 e. The molecule has 1 N–H and O–H groups in total. The molecule has 0 spiro atoms. The summed E-state index contributed by atoms with van der Waals surface area (Å²) in [4.78, 5) is 4.14. The first-order valence-electron chi connectivity index (χ1n) is 5.83. The van der Waals surface area contributed by atoms with E-state index < -0.39 is 6.10 Å². The van der Waals surface area contributed by atoms with Crippen molar-refractivity contribution in [2.75, 3.05) is 6.61 Å². The normalized spacial score (nSPS) is 12.9. The van der Waals surface area contributed by atoms with E-state index in [1.54, 1.807) is 0 Å². The standard InChI is InChI=1S/C11H20N2O3/c1-3-5-9(14)7-11-12-10(13-16-11)8-15-6-4-2/h9,14H,3-8H2,1-2H3. The number of aromatic nitrogens is 2. The maximum atomic E-state index is 9.57. The van der Waals surface area contributed by atoms with Crippen molar-refractivity contribution in [2.24, 2.45) is 0 Å². The lowest BCUT2D eigenvalue weighted by molar-refractivity contribution is 0.114. The van der Waals surface area contributed by atoms with Gasteiger partial charge in [0, 0.05) is 6.61 Å². The molecular weight excluding hydrogens is 208 g/mol. The number of aliphatic hydroxyl groups is 1. The Morgan fingerprint density at radius 2 is 2.19 bits per heavy atom. The third-order valence-corrected chi connectivity index (χ3v) is 2.12. The molecule has 0 aromatic carbocycles. The summed E-state index contributed by atoms with van der Waals surface area (Å²) in [5, 5.41) is 13.3. The van der Waals surface area contributed by atoms with Crippen molar-refractivity contribution in [2.45, 2.75) is 52.2 Å². The zero-order valence-corrected chi connectivity index (χ0v) is 9.98. The molecule has 1 aromatic rings. The van der Waals surface area contributed by atoms with Gasteiger partial charge in [-0.15, -0.1) is 0 Å². The molecule has 1 unspecified atom stereocenters. The Morgan fingerprint density at radius 3 is 2.88 bits per heavy atom. The van der Waals surface area contributed by atoms with Crippen LogP contribution >= 0.6 is 0 Å². The van der Waals surface area contributed by atoms with E-state index in [1.807, 2.05) is 13.8 Å². The molecule has 0 saturated carbocycles. The minimum absolute atomic E-state index is 0.376. The van der Waals surface area contributed by atoms with Crippen LogP contribution in [0.5, 0.6) is 0 Å². The van der Waals surface area contributed by atoms with Gasteiger partial charge < -0.3 is 14.4 Å². The Balaban J connectivity index is 2.33. The van der Waals surface area contributed by atoms with Crippen molar-refractivity contribution < 1.29 is 14.4 Å². The molecule has 1 rings (SSSR count). The highest BCUT2D eigenvalue weighted by atomic mass is 16.5. The minimum Gasteiger partial charge on any atom is -0.393 e. The van der Waals surface area contributed by atoms with Gasteiger partial charge in [0.15, 0.2) is 5.82 Å². The summed E-state index contributed by atoms with van der Waals surface area (Å²) >= 11 is 0. The molecule has 0 fully saturated rings. The number of nitrogens with zero attached hydrogens (tertiary/aromatic N) is 2. The van der Waals surface area contributed by atoms with Crippen LogP contribution in [0, 0.1) is 0 Å². The van der Waals surface area contributed by atoms with Crippen molar-refractivity contribution in [3.8, 4) is 0 Å². The van der Waals surface area contributed by atoms with Crippen LogP contribution in [-0.2, 0) is 17.8 Å². The largest absolute Gasteiger partial charge is 0.393 e. The smallest absolute Gasteiger partial charge is 0.229 e. The molecule has 0 aliphatic rings. The molecule has 1 aromatic heterocycles. The van der Waals surface area contributed by atoms with Gasteiger partial charge in [0.2, 0.25) is 5.89 Å². The number of hydrogen-bond donors (Lipinski definition) is 1. The lowest BCUT2D eigenvalue weighted by Gasteiger charge is -2.03. The molecule has 0 aliphatic carbocycles. The monoisotopic (exact) mass is 228 g/mol. The van der Waals surface area contributed by atoms with Crippen LogP contribution in [0.15, 0.2) is 4.52 Å². The second-order valence-corrected chi connectivity index (χ2v) is 3.80. The van der Waals surface area contributed by atoms with Crippen LogP contribution in [0.4, 0.5) is 0 Å². The van der Waals surface area contributed by atoms with E-state index >= 15 is 0 Å². The number of rotatable bonds is 8. The van der Waals surface area contributed by atoms with Crippen LogP contribution in [-0.4, -0.2) is 28.0 Å². The van der Waals surface area contributed by atoms with Crippen LogP contribution in [0.1, 0.15) is 44.8 Å². The van der Waals surface area contributed by atoms with Gasteiger partial charge in [0.05, 0.1) is 12.5 Å². The van der Waals surface area contributed by atoms with E-state index in [2.05, 4.69) is 10.1 Å². The van der Waals surface area contributed by atoms with E-state index in [9.17, 15) is 5.11 Å². The molecule has 0 amide bonds. The summed E-state index contributed by atoms with van der Waals surface area (Å²) < 4.78 is 10.3. The Kier molecular flexibility index (Phi) is 6.03. The Morgan fingerprint density at radius 1 is 1.38 bits per heavy atom. The van der Waals surface area contributed by atoms with Crippen molar-refractivity contribution in [1.29, 1.82) is 0 Å². The second-order valence-electron chi connectivity index (χ2n) is 3.80. The molecule has 1 heterocycles. The molecule has 0 radical (unpaired) electrons. The van der Waals surface area contributed by atoms with Gasteiger partial charge in [0.1, 0.15) is 6.61 Å². The number of aliphatic hydroxyl groups excluding tert-OH is 1. The summed E-state index contributed by atoms with van der Waals surface area (Å²) in [6.45, 7) is 5.15. The quantitative estimate of drug-likeness (QED) is 0.686. The first kappa shape index (κ1) is 13.1. The van der Waals surface area contributed by atoms with E-state index in [0.717, 1.165) is 19.3 Å². The highest BCUT2D eigenvalue weighted by Crippen LogP contribution is 2.06. The zero-order chi connectivity index (χ0) is 11.8. The van der Waals surface area contributed by atoms with Gasteiger partial charge >= 0.3 is 0 Å². The van der Waals surface area contributed by atoms with Gasteiger partial charge in [-0.05, 0) is 12.8 Å². The predicted molar refractivity (Wildman–Crippen MR) is 58.9 cm³/mol. The lowest BCUT2D eigenvalue weighted by Crippen LogP contribution is -2.10. The zero-order valence-electron chi connectivity index (χ0n) is 9.98. The fourth-order valence-corrected chi connectivity index (χ4v) is 1.38. The van der Waals surface area contributed by atoms with Crippen LogP contribution in [0.3, 0.4) is 0 Å². The summed E-state index contributed by atoms with van der Waals surface area (Å²) in [5.74, 6) is 1.03. The summed E-state index contributed by atoms with van der Waals surface area (Å²) in [7, 11) is 0. The Labute approximate surface area is 95.8 Å². The molecule has 0 bridgehead atoms. The SMILES string of the molecule is CCCOCc1noc(CC(O)CCC)n1. The number of ether oxygens (including phenoxy) is 1. The van der Waals surface area contributed by atoms with Crippen LogP contribution in [0.2, 0.25) is 0 Å². The highest BCUT2D eigenvalue weighted by Gasteiger charge is 2.11. The highest BCUT2D eigenvalue weighted by molar-refractivity contribution is 4.86. The van der Waals surface area contributed by atoms with E-state index in [0.29, 0.717) is 31.3 Å². The van der Waals surface area contributed by atoms with Crippen molar-refractivity contribution in [3.63, 3.8) is 0 Å². The lowest BCUT2D eigenvalue weighted by atomic mass is 10.1. The van der Waals surface area contributed by atoms with Gasteiger partial charge in [-0.2, -0.15) is 4.98 Å². The molecule has 5 nitrogen and oxygen atoms in total. The summed E-state index contributed by atoms with van der Waals surface area (Å²) in [6, 6.07) is 0. The maximum absolute atomic E-state index is 9.57. The molecule has 16 heavy (non-hydrogen) atoms. The average molecular weight is 228 g/mol. The third-order valence-electron chi connectivity index (χ3n) is 2.12. The topological polar surface area (TPSA) is 68.4 Å². The van der Waals surface area contributed by atoms with Crippen molar-refractivity contribution >= 4 is 0 Å². The molecule has 0 saturated heterocycles. The van der Waals surface area contributed by atoms with Crippen LogP contribution < -0.4 is 0 Å². The van der Waals surface area contributed by atoms with Gasteiger partial charge in [-0.25, -0.2) is 0 Å². The van der Waals surface area contributed by atoms with Gasteiger partial charge in [-0.1, -0.05) is 25.4 Å². The van der Waals surface area contributed by atoms with Crippen molar-refractivity contribution in [1.82, 2.24) is 10.1 Å². The minimum atomic E-state index is -0.394. The van der Waals surface area contributed by atoms with Crippen LogP contribution in [0.25, 0.3) is 0 Å². The third kappa shape index (κ3) is 4.72. The summed E-state index contributed by atoms with van der Waals surface area (Å²) in [5.41, 5.74) is 0. The fraction of sp³-hybridized carbons (Fsp3) is 0.818. The first-order chi connectivity index (χ1) is 7.76. The van der Waals surface area contributed by atoms with E-state index in [1.165, 1.54) is 0 Å². The van der Waals surface area contributed by atoms with Gasteiger partial charge in [0.25, 0.3) is 0 Å². The molecule has 92 valence electrons. The predicted octanol–water partition coefficient (Wildman–Crippen LogP) is 1.70. The molecule has 0 aliphatic heterocycles. The number of hydrogen-bond acceptors (Lipinski definition) is 5. The second kappa shape index (κ2) is 7.35. The van der Waals surface area contributed by atoms with Gasteiger partial charge in [-0.3, -0.25) is 0 Å². The van der Waals surface area contributed by atoms with E-state index in [4.69, 9.17) is 9.26 Å². The molecular formula is C11H20N2O3. The molecule has 5 heteroatoms. The average Bonchev–Trinajstić information content (AvgIpc) is 2.66. The first-order valence-corrected chi connectivity index (χ1v) is 5.83. The Hall–Kier alpha value is -0.940. The Bertz CT molecular complexity index is 289. The van der Waals surface area contributed by atoms with Crippen molar-refractivity contribution in [3.05, 3.63) is 11.7 Å². The fourth-order valence-electron chi connectivity index (χ4n) is 1.38.